The highest BCUT2D eigenvalue weighted by molar-refractivity contribution is 14.0. The van der Waals surface area contributed by atoms with Gasteiger partial charge in [-0.3, -0.25) is 4.99 Å². The van der Waals surface area contributed by atoms with E-state index in [0.717, 1.165) is 44.9 Å². The summed E-state index contributed by atoms with van der Waals surface area (Å²) in [6.07, 6.45) is 9.78. The van der Waals surface area contributed by atoms with E-state index in [1.165, 1.54) is 38.6 Å². The number of aliphatic hydroxyl groups is 1. The van der Waals surface area contributed by atoms with Crippen LogP contribution in [0.25, 0.3) is 0 Å². The summed E-state index contributed by atoms with van der Waals surface area (Å²) >= 11 is 0. The monoisotopic (exact) mass is 435 g/mol. The molecule has 1 heterocycles. The van der Waals surface area contributed by atoms with Gasteiger partial charge in [0.1, 0.15) is 0 Å². The quantitative estimate of drug-likeness (QED) is 0.406. The summed E-state index contributed by atoms with van der Waals surface area (Å²) in [5.41, 5.74) is 0.567. The maximum absolute atomic E-state index is 10.4. The van der Waals surface area contributed by atoms with Crippen molar-refractivity contribution in [1.82, 2.24) is 10.2 Å². The van der Waals surface area contributed by atoms with E-state index in [0.29, 0.717) is 5.41 Å². The van der Waals surface area contributed by atoms with Crippen LogP contribution in [-0.2, 0) is 0 Å². The number of guanidine groups is 1. The van der Waals surface area contributed by atoms with Crippen molar-refractivity contribution in [3.05, 3.63) is 0 Å². The van der Waals surface area contributed by atoms with Gasteiger partial charge in [0.2, 0.25) is 0 Å². The molecule has 1 spiro atoms. The van der Waals surface area contributed by atoms with Gasteiger partial charge in [-0.05, 0) is 44.4 Å². The van der Waals surface area contributed by atoms with Gasteiger partial charge in [0.05, 0.1) is 12.6 Å². The molecule has 0 bridgehead atoms. The number of aliphatic imine (C=N–C) groups is 1. The van der Waals surface area contributed by atoms with Crippen LogP contribution in [0.5, 0.6) is 0 Å². The Balaban J connectivity index is 0.00000192. The topological polar surface area (TPSA) is 47.9 Å². The second-order valence-corrected chi connectivity index (χ2v) is 8.11. The molecule has 5 heteroatoms. The SMILES string of the molecule is CCNC(=NCC1(C)CCCCC1O)N1CCC2(CCC2)C1.I. The van der Waals surface area contributed by atoms with Crippen LogP contribution in [0.15, 0.2) is 4.99 Å². The molecule has 0 aromatic rings. The zero-order chi connectivity index (χ0) is 15.6. The molecular weight excluding hydrogens is 401 g/mol. The Labute approximate surface area is 158 Å². The summed E-state index contributed by atoms with van der Waals surface area (Å²) in [5, 5.41) is 13.8. The first kappa shape index (κ1) is 19.3. The van der Waals surface area contributed by atoms with Crippen molar-refractivity contribution in [2.75, 3.05) is 26.2 Å². The lowest BCUT2D eigenvalue weighted by molar-refractivity contribution is 0.00703. The average Bonchev–Trinajstić information content (AvgIpc) is 2.92. The molecule has 0 aromatic carbocycles. The van der Waals surface area contributed by atoms with Gasteiger partial charge in [-0.15, -0.1) is 24.0 Å². The van der Waals surface area contributed by atoms with Crippen LogP contribution in [0.4, 0.5) is 0 Å². The van der Waals surface area contributed by atoms with Crippen LogP contribution in [-0.4, -0.2) is 48.2 Å². The van der Waals surface area contributed by atoms with E-state index >= 15 is 0 Å². The molecule has 1 saturated heterocycles. The zero-order valence-electron chi connectivity index (χ0n) is 14.8. The molecule has 134 valence electrons. The number of nitrogens with zero attached hydrogens (tertiary/aromatic N) is 2. The smallest absolute Gasteiger partial charge is 0.193 e. The highest BCUT2D eigenvalue weighted by Crippen LogP contribution is 2.48. The Hall–Kier alpha value is -0.0400. The van der Waals surface area contributed by atoms with E-state index < -0.39 is 0 Å². The first-order chi connectivity index (χ1) is 10.6. The lowest BCUT2D eigenvalue weighted by Gasteiger charge is -2.39. The van der Waals surface area contributed by atoms with Crippen LogP contribution in [0.2, 0.25) is 0 Å². The van der Waals surface area contributed by atoms with Gasteiger partial charge in [-0.2, -0.15) is 0 Å². The molecule has 3 aliphatic rings. The van der Waals surface area contributed by atoms with Crippen LogP contribution < -0.4 is 5.32 Å². The lowest BCUT2D eigenvalue weighted by atomic mass is 9.68. The van der Waals surface area contributed by atoms with Crippen LogP contribution >= 0.6 is 24.0 Å². The third-order valence-electron chi connectivity index (χ3n) is 6.36. The van der Waals surface area contributed by atoms with Crippen molar-refractivity contribution in [1.29, 1.82) is 0 Å². The Morgan fingerprint density at radius 2 is 2.00 bits per heavy atom. The number of nitrogens with one attached hydrogen (secondary N) is 1. The van der Waals surface area contributed by atoms with Crippen molar-refractivity contribution >= 4 is 29.9 Å². The van der Waals surface area contributed by atoms with Crippen LogP contribution in [0.3, 0.4) is 0 Å². The predicted octanol–water partition coefficient (Wildman–Crippen LogP) is 3.39. The predicted molar refractivity (Wildman–Crippen MR) is 106 cm³/mol. The third kappa shape index (κ3) is 4.14. The van der Waals surface area contributed by atoms with E-state index in [9.17, 15) is 5.11 Å². The third-order valence-corrected chi connectivity index (χ3v) is 6.36. The highest BCUT2D eigenvalue weighted by atomic mass is 127. The highest BCUT2D eigenvalue weighted by Gasteiger charge is 2.43. The fraction of sp³-hybridized carbons (Fsp3) is 0.944. The van der Waals surface area contributed by atoms with Crippen molar-refractivity contribution < 1.29 is 5.11 Å². The molecule has 0 radical (unpaired) electrons. The first-order valence-electron chi connectivity index (χ1n) is 9.28. The van der Waals surface area contributed by atoms with Gasteiger partial charge < -0.3 is 15.3 Å². The largest absolute Gasteiger partial charge is 0.392 e. The summed E-state index contributed by atoms with van der Waals surface area (Å²) in [7, 11) is 0. The van der Waals surface area contributed by atoms with Crippen molar-refractivity contribution in [2.45, 2.75) is 71.3 Å². The maximum Gasteiger partial charge on any atom is 0.193 e. The Morgan fingerprint density at radius 3 is 2.57 bits per heavy atom. The Kier molecular flexibility index (Phi) is 6.62. The molecule has 2 unspecified atom stereocenters. The fourth-order valence-electron chi connectivity index (χ4n) is 4.45. The minimum absolute atomic E-state index is 0. The van der Waals surface area contributed by atoms with Crippen LogP contribution in [0.1, 0.15) is 65.2 Å². The standard InChI is InChI=1S/C18H33N3O.HI/c1-3-19-16(21-12-11-18(14-21)9-6-10-18)20-13-17(2)8-5-4-7-15(17)22;/h15,22H,3-14H2,1-2H3,(H,19,20);1H. The summed E-state index contributed by atoms with van der Waals surface area (Å²) in [6.45, 7) is 8.34. The minimum atomic E-state index is -0.190. The molecule has 0 aromatic heterocycles. The number of hydrogen-bond donors (Lipinski definition) is 2. The van der Waals surface area contributed by atoms with Gasteiger partial charge in [0.25, 0.3) is 0 Å². The number of halogens is 1. The zero-order valence-corrected chi connectivity index (χ0v) is 17.1. The van der Waals surface area contributed by atoms with E-state index in [1.807, 2.05) is 0 Å². The Morgan fingerprint density at radius 1 is 1.22 bits per heavy atom. The molecule has 2 atom stereocenters. The van der Waals surface area contributed by atoms with Crippen molar-refractivity contribution in [2.24, 2.45) is 15.8 Å². The molecule has 2 aliphatic carbocycles. The summed E-state index contributed by atoms with van der Waals surface area (Å²) < 4.78 is 0. The van der Waals surface area contributed by atoms with E-state index in [2.05, 4.69) is 24.1 Å². The minimum Gasteiger partial charge on any atom is -0.392 e. The number of hydrogen-bond acceptors (Lipinski definition) is 2. The van der Waals surface area contributed by atoms with Crippen molar-refractivity contribution in [3.63, 3.8) is 0 Å². The number of likely N-dealkylation sites (tertiary alicyclic amines) is 1. The first-order valence-corrected chi connectivity index (χ1v) is 9.28. The molecule has 0 amide bonds. The number of aliphatic hydroxyl groups excluding tert-OH is 1. The van der Waals surface area contributed by atoms with Gasteiger partial charge in [-0.25, -0.2) is 0 Å². The van der Waals surface area contributed by atoms with Gasteiger partial charge >= 0.3 is 0 Å². The average molecular weight is 435 g/mol. The van der Waals surface area contributed by atoms with Gasteiger partial charge in [-0.1, -0.05) is 26.2 Å². The molecule has 3 rings (SSSR count). The normalized spacial score (nSPS) is 33.3. The Bertz CT molecular complexity index is 424. The molecule has 3 fully saturated rings. The number of rotatable bonds is 3. The molecule has 23 heavy (non-hydrogen) atoms. The summed E-state index contributed by atoms with van der Waals surface area (Å²) in [5.74, 6) is 1.07. The van der Waals surface area contributed by atoms with Crippen molar-refractivity contribution in [3.8, 4) is 0 Å². The lowest BCUT2D eigenvalue weighted by Crippen LogP contribution is -2.44. The van der Waals surface area contributed by atoms with Crippen LogP contribution in [0, 0.1) is 10.8 Å². The van der Waals surface area contributed by atoms with E-state index in [4.69, 9.17) is 4.99 Å². The van der Waals surface area contributed by atoms with E-state index in [1.54, 1.807) is 0 Å². The summed E-state index contributed by atoms with van der Waals surface area (Å²) in [4.78, 5) is 7.40. The van der Waals surface area contributed by atoms with Gasteiger partial charge in [0.15, 0.2) is 5.96 Å². The molecule has 2 saturated carbocycles. The van der Waals surface area contributed by atoms with E-state index in [-0.39, 0.29) is 35.5 Å². The second-order valence-electron chi connectivity index (χ2n) is 8.11. The molecule has 4 nitrogen and oxygen atoms in total. The second kappa shape index (κ2) is 7.89. The van der Waals surface area contributed by atoms with Gasteiger partial charge in [0, 0.05) is 25.0 Å². The molecule has 2 N–H and O–H groups in total. The molecule has 1 aliphatic heterocycles. The summed E-state index contributed by atoms with van der Waals surface area (Å²) in [6, 6.07) is 0. The fourth-order valence-corrected chi connectivity index (χ4v) is 4.45. The maximum atomic E-state index is 10.4. The molecular formula is C18H34IN3O.